The van der Waals surface area contributed by atoms with Crippen molar-refractivity contribution in [2.24, 2.45) is 0 Å². The highest BCUT2D eigenvalue weighted by atomic mass is 35.5. The van der Waals surface area contributed by atoms with E-state index in [1.807, 2.05) is 0 Å². The van der Waals surface area contributed by atoms with Gasteiger partial charge in [-0.05, 0) is 29.3 Å². The second-order valence-corrected chi connectivity index (χ2v) is 4.49. The van der Waals surface area contributed by atoms with Crippen molar-refractivity contribution in [3.05, 3.63) is 40.8 Å². The summed E-state index contributed by atoms with van der Waals surface area (Å²) < 4.78 is 1.33. The zero-order valence-corrected chi connectivity index (χ0v) is 9.53. The van der Waals surface area contributed by atoms with Crippen LogP contribution in [0.1, 0.15) is 12.5 Å². The third-order valence-electron chi connectivity index (χ3n) is 2.12. The minimum Gasteiger partial charge on any atom is -0.143 e. The van der Waals surface area contributed by atoms with Gasteiger partial charge in [0.1, 0.15) is 0 Å². The van der Waals surface area contributed by atoms with E-state index < -0.39 is 0 Å². The molecule has 0 saturated heterocycles. The first-order chi connectivity index (χ1) is 6.81. The minimum atomic E-state index is 0.601. The average Bonchev–Trinajstić information content (AvgIpc) is 2.62. The van der Waals surface area contributed by atoms with Gasteiger partial charge in [0.05, 0.1) is 0 Å². The third kappa shape index (κ3) is 1.84. The van der Waals surface area contributed by atoms with E-state index in [0.717, 1.165) is 0 Å². The molecule has 0 atom stereocenters. The number of hydrogen-bond donors (Lipinski definition) is 0. The fraction of sp³-hybridized carbons (Fsp3) is 0.167. The summed E-state index contributed by atoms with van der Waals surface area (Å²) in [7, 11) is 0. The molecule has 1 aromatic heterocycles. The van der Waals surface area contributed by atoms with Gasteiger partial charge in [-0.2, -0.15) is 0 Å². The van der Waals surface area contributed by atoms with Crippen molar-refractivity contribution >= 4 is 39.1 Å². The molecule has 2 heteroatoms. The van der Waals surface area contributed by atoms with Crippen molar-refractivity contribution in [3.63, 3.8) is 0 Å². The van der Waals surface area contributed by atoms with E-state index in [9.17, 15) is 0 Å². The molecule has 1 aromatic carbocycles. The van der Waals surface area contributed by atoms with E-state index in [1.165, 1.54) is 21.2 Å². The quantitative estimate of drug-likeness (QED) is 0.655. The summed E-state index contributed by atoms with van der Waals surface area (Å²) in [6.45, 7) is 2.06. The molecule has 0 spiro atoms. The number of allylic oxidation sites excluding steroid dienone is 1. The topological polar surface area (TPSA) is 0 Å². The van der Waals surface area contributed by atoms with Gasteiger partial charge < -0.3 is 0 Å². The number of benzene rings is 1. The second-order valence-electron chi connectivity index (χ2n) is 3.31. The summed E-state index contributed by atoms with van der Waals surface area (Å²) in [5, 5.41) is 3.50. The summed E-state index contributed by atoms with van der Waals surface area (Å²) in [5.74, 6) is 0.601. The molecule has 0 fully saturated rings. The van der Waals surface area contributed by atoms with Gasteiger partial charge in [0.2, 0.25) is 0 Å². The van der Waals surface area contributed by atoms with E-state index in [0.29, 0.717) is 5.88 Å². The van der Waals surface area contributed by atoms with Crippen LogP contribution >= 0.6 is 22.9 Å². The average molecular weight is 223 g/mol. The predicted molar refractivity (Wildman–Crippen MR) is 66.2 cm³/mol. The summed E-state index contributed by atoms with van der Waals surface area (Å²) in [5.41, 5.74) is 2.49. The molecule has 0 unspecified atom stereocenters. The number of fused-ring (bicyclic) bond motifs is 1. The van der Waals surface area contributed by atoms with Gasteiger partial charge in [-0.3, -0.25) is 0 Å². The molecule has 0 aliphatic rings. The van der Waals surface area contributed by atoms with Crippen LogP contribution in [-0.2, 0) is 0 Å². The van der Waals surface area contributed by atoms with Crippen molar-refractivity contribution < 1.29 is 0 Å². The third-order valence-corrected chi connectivity index (χ3v) is 3.53. The largest absolute Gasteiger partial charge is 0.143 e. The molecule has 72 valence electrons. The van der Waals surface area contributed by atoms with Gasteiger partial charge in [0, 0.05) is 10.6 Å². The molecule has 0 amide bonds. The fourth-order valence-corrected chi connectivity index (χ4v) is 2.41. The van der Waals surface area contributed by atoms with Crippen LogP contribution in [-0.4, -0.2) is 5.88 Å². The number of halogens is 1. The first-order valence-corrected chi connectivity index (χ1v) is 5.92. The van der Waals surface area contributed by atoms with E-state index in [-0.39, 0.29) is 0 Å². The standard InChI is InChI=1S/C12H11ClS/c1-9(7-13)6-10-8-14-12-5-3-2-4-11(10)12/h2-6,8H,7H2,1H3/b9-6-. The number of hydrogen-bond acceptors (Lipinski definition) is 1. The van der Waals surface area contributed by atoms with Crippen LogP contribution in [0.5, 0.6) is 0 Å². The Hall–Kier alpha value is -0.790. The molecule has 0 saturated carbocycles. The SMILES string of the molecule is C/C(=C/c1csc2ccccc12)CCl. The van der Waals surface area contributed by atoms with E-state index in [4.69, 9.17) is 11.6 Å². The molecule has 0 bridgehead atoms. The van der Waals surface area contributed by atoms with Crippen LogP contribution in [0, 0.1) is 0 Å². The Kier molecular flexibility index (Phi) is 2.90. The minimum absolute atomic E-state index is 0.601. The first-order valence-electron chi connectivity index (χ1n) is 4.50. The van der Waals surface area contributed by atoms with Crippen LogP contribution in [0.15, 0.2) is 35.2 Å². The number of alkyl halides is 1. The maximum absolute atomic E-state index is 5.76. The molecule has 0 aliphatic carbocycles. The molecule has 2 rings (SSSR count). The zero-order chi connectivity index (χ0) is 9.97. The van der Waals surface area contributed by atoms with Gasteiger partial charge in [0.15, 0.2) is 0 Å². The molecule has 14 heavy (non-hydrogen) atoms. The highest BCUT2D eigenvalue weighted by Gasteiger charge is 2.00. The van der Waals surface area contributed by atoms with Gasteiger partial charge >= 0.3 is 0 Å². The highest BCUT2D eigenvalue weighted by molar-refractivity contribution is 7.17. The van der Waals surface area contributed by atoms with Crippen molar-refractivity contribution in [3.8, 4) is 0 Å². The molecule has 0 N–H and O–H groups in total. The molecule has 0 aliphatic heterocycles. The maximum Gasteiger partial charge on any atom is 0.0434 e. The van der Waals surface area contributed by atoms with Crippen molar-refractivity contribution in [1.29, 1.82) is 0 Å². The Bertz CT molecular complexity index is 468. The smallest absolute Gasteiger partial charge is 0.0434 e. The van der Waals surface area contributed by atoms with Gasteiger partial charge in [-0.25, -0.2) is 0 Å². The van der Waals surface area contributed by atoms with Crippen LogP contribution in [0.3, 0.4) is 0 Å². The Morgan fingerprint density at radius 3 is 3.00 bits per heavy atom. The lowest BCUT2D eigenvalue weighted by atomic mass is 10.1. The Balaban J connectivity index is 2.53. The second kappa shape index (κ2) is 4.16. The highest BCUT2D eigenvalue weighted by Crippen LogP contribution is 2.27. The van der Waals surface area contributed by atoms with E-state index >= 15 is 0 Å². The molecule has 1 heterocycles. The molecule has 0 radical (unpaired) electrons. The van der Waals surface area contributed by atoms with Gasteiger partial charge in [-0.15, -0.1) is 22.9 Å². The first kappa shape index (κ1) is 9.75. The Morgan fingerprint density at radius 1 is 1.43 bits per heavy atom. The molecular weight excluding hydrogens is 212 g/mol. The maximum atomic E-state index is 5.76. The van der Waals surface area contributed by atoms with Gasteiger partial charge in [-0.1, -0.05) is 29.8 Å². The molecule has 2 aromatic rings. The summed E-state index contributed by atoms with van der Waals surface area (Å²) >= 11 is 7.53. The lowest BCUT2D eigenvalue weighted by molar-refractivity contribution is 1.43. The van der Waals surface area contributed by atoms with Crippen molar-refractivity contribution in [2.45, 2.75) is 6.92 Å². The van der Waals surface area contributed by atoms with Crippen LogP contribution in [0.2, 0.25) is 0 Å². The lowest BCUT2D eigenvalue weighted by Gasteiger charge is -1.94. The molecular formula is C12H11ClS. The Morgan fingerprint density at radius 2 is 2.21 bits per heavy atom. The van der Waals surface area contributed by atoms with Crippen molar-refractivity contribution in [1.82, 2.24) is 0 Å². The summed E-state index contributed by atoms with van der Waals surface area (Å²) in [4.78, 5) is 0. The zero-order valence-electron chi connectivity index (χ0n) is 7.96. The van der Waals surface area contributed by atoms with Gasteiger partial charge in [0.25, 0.3) is 0 Å². The normalized spacial score (nSPS) is 12.3. The fourth-order valence-electron chi connectivity index (χ4n) is 1.41. The van der Waals surface area contributed by atoms with E-state index in [2.05, 4.69) is 42.6 Å². The van der Waals surface area contributed by atoms with Crippen molar-refractivity contribution in [2.75, 3.05) is 5.88 Å². The van der Waals surface area contributed by atoms with Crippen LogP contribution < -0.4 is 0 Å². The lowest BCUT2D eigenvalue weighted by Crippen LogP contribution is -1.76. The summed E-state index contributed by atoms with van der Waals surface area (Å²) in [6, 6.07) is 8.44. The summed E-state index contributed by atoms with van der Waals surface area (Å²) in [6.07, 6.45) is 2.16. The number of thiophene rings is 1. The molecule has 0 nitrogen and oxygen atoms in total. The predicted octanol–water partition coefficient (Wildman–Crippen LogP) is 4.54. The van der Waals surface area contributed by atoms with Crippen LogP contribution in [0.25, 0.3) is 16.2 Å². The Labute approximate surface area is 92.8 Å². The number of rotatable bonds is 2. The monoisotopic (exact) mass is 222 g/mol. The van der Waals surface area contributed by atoms with E-state index in [1.54, 1.807) is 11.3 Å². The van der Waals surface area contributed by atoms with Crippen LogP contribution in [0.4, 0.5) is 0 Å².